The normalized spacial score (nSPS) is 11.5. The first-order chi connectivity index (χ1) is 11.3. The van der Waals surface area contributed by atoms with Crippen LogP contribution in [0.5, 0.6) is 0 Å². The van der Waals surface area contributed by atoms with E-state index in [0.717, 1.165) is 6.07 Å². The standard InChI is InChI=1S/C16H13NO7/c18-13(9-3-1-2-4-10(9)15(21)22)17-12-6-5-8(14(19)20)7-11(12)16(23)24/h1-7,13,17-18H,(H,19,20)(H,21,22)(H,23,24). The summed E-state index contributed by atoms with van der Waals surface area (Å²) < 4.78 is 0. The first-order valence-corrected chi connectivity index (χ1v) is 6.68. The molecule has 1 atom stereocenters. The van der Waals surface area contributed by atoms with Crippen LogP contribution in [0.2, 0.25) is 0 Å². The summed E-state index contributed by atoms with van der Waals surface area (Å²) >= 11 is 0. The van der Waals surface area contributed by atoms with Crippen LogP contribution in [0.15, 0.2) is 42.5 Å². The maximum atomic E-state index is 11.3. The molecule has 1 unspecified atom stereocenters. The number of hydrogen-bond donors (Lipinski definition) is 5. The average Bonchev–Trinajstić information content (AvgIpc) is 2.54. The van der Waals surface area contributed by atoms with Crippen molar-refractivity contribution in [1.82, 2.24) is 0 Å². The molecule has 0 aliphatic rings. The number of aliphatic hydroxyl groups excluding tert-OH is 1. The van der Waals surface area contributed by atoms with Gasteiger partial charge >= 0.3 is 17.9 Å². The summed E-state index contributed by atoms with van der Waals surface area (Å²) in [6.45, 7) is 0. The lowest BCUT2D eigenvalue weighted by Gasteiger charge is -2.18. The van der Waals surface area contributed by atoms with E-state index in [2.05, 4.69) is 5.32 Å². The van der Waals surface area contributed by atoms with Crippen molar-refractivity contribution in [1.29, 1.82) is 0 Å². The lowest BCUT2D eigenvalue weighted by Crippen LogP contribution is -2.16. The minimum atomic E-state index is -1.49. The molecule has 0 spiro atoms. The van der Waals surface area contributed by atoms with Crippen LogP contribution < -0.4 is 5.32 Å². The Labute approximate surface area is 135 Å². The summed E-state index contributed by atoms with van der Waals surface area (Å²) in [5, 5.41) is 39.9. The molecule has 2 rings (SSSR count). The van der Waals surface area contributed by atoms with Crippen LogP contribution in [-0.4, -0.2) is 38.3 Å². The van der Waals surface area contributed by atoms with Gasteiger partial charge in [0.1, 0.15) is 0 Å². The zero-order chi connectivity index (χ0) is 17.9. The van der Waals surface area contributed by atoms with Gasteiger partial charge in [-0.15, -0.1) is 0 Å². The van der Waals surface area contributed by atoms with E-state index in [1.165, 1.54) is 36.4 Å². The fourth-order valence-corrected chi connectivity index (χ4v) is 2.14. The van der Waals surface area contributed by atoms with E-state index in [0.29, 0.717) is 0 Å². The van der Waals surface area contributed by atoms with Gasteiger partial charge in [0.15, 0.2) is 6.23 Å². The number of nitrogens with one attached hydrogen (secondary N) is 1. The van der Waals surface area contributed by atoms with E-state index in [-0.39, 0.29) is 27.9 Å². The highest BCUT2D eigenvalue weighted by molar-refractivity contribution is 5.98. The number of carboxylic acid groups (broad SMARTS) is 3. The van der Waals surface area contributed by atoms with Crippen LogP contribution in [-0.2, 0) is 0 Å². The maximum Gasteiger partial charge on any atom is 0.337 e. The van der Waals surface area contributed by atoms with Gasteiger partial charge in [0.25, 0.3) is 0 Å². The molecule has 0 radical (unpaired) electrons. The highest BCUT2D eigenvalue weighted by atomic mass is 16.4. The molecule has 8 nitrogen and oxygen atoms in total. The number of aliphatic hydroxyl groups is 1. The first kappa shape index (κ1) is 17.0. The van der Waals surface area contributed by atoms with Crippen molar-refractivity contribution in [2.24, 2.45) is 0 Å². The van der Waals surface area contributed by atoms with Gasteiger partial charge in [-0.3, -0.25) is 0 Å². The van der Waals surface area contributed by atoms with Crippen LogP contribution in [0.3, 0.4) is 0 Å². The molecule has 0 saturated carbocycles. The Morgan fingerprint density at radius 2 is 1.46 bits per heavy atom. The minimum Gasteiger partial charge on any atom is -0.478 e. The highest BCUT2D eigenvalue weighted by Crippen LogP contribution is 2.24. The molecule has 2 aromatic rings. The van der Waals surface area contributed by atoms with Crippen molar-refractivity contribution in [3.8, 4) is 0 Å². The SMILES string of the molecule is O=C(O)c1ccc(NC(O)c2ccccc2C(=O)O)c(C(=O)O)c1. The Balaban J connectivity index is 2.39. The summed E-state index contributed by atoms with van der Waals surface area (Å²) in [6.07, 6.45) is -1.49. The van der Waals surface area contributed by atoms with E-state index in [4.69, 9.17) is 10.2 Å². The Morgan fingerprint density at radius 3 is 2.04 bits per heavy atom. The van der Waals surface area contributed by atoms with Crippen LogP contribution >= 0.6 is 0 Å². The van der Waals surface area contributed by atoms with E-state index < -0.39 is 24.1 Å². The van der Waals surface area contributed by atoms with Crippen LogP contribution in [0.1, 0.15) is 42.9 Å². The Morgan fingerprint density at radius 1 is 0.833 bits per heavy atom. The summed E-state index contributed by atoms with van der Waals surface area (Å²) in [7, 11) is 0. The van der Waals surface area contributed by atoms with Gasteiger partial charge in [0.05, 0.1) is 22.4 Å². The molecule has 8 heteroatoms. The molecule has 0 saturated heterocycles. The molecule has 0 heterocycles. The molecule has 124 valence electrons. The topological polar surface area (TPSA) is 144 Å². The monoisotopic (exact) mass is 331 g/mol. The second-order valence-corrected chi connectivity index (χ2v) is 4.81. The average molecular weight is 331 g/mol. The van der Waals surface area contributed by atoms with E-state index in [9.17, 15) is 24.6 Å². The van der Waals surface area contributed by atoms with Crippen LogP contribution in [0.4, 0.5) is 5.69 Å². The molecule has 0 aliphatic carbocycles. The summed E-state index contributed by atoms with van der Waals surface area (Å²) in [5.74, 6) is -3.92. The van der Waals surface area contributed by atoms with Gasteiger partial charge in [-0.05, 0) is 24.3 Å². The number of aromatic carboxylic acids is 3. The molecule has 24 heavy (non-hydrogen) atoms. The summed E-state index contributed by atoms with van der Waals surface area (Å²) in [5.41, 5.74) is -0.722. The molecule has 0 aromatic heterocycles. The van der Waals surface area contributed by atoms with Gasteiger partial charge in [-0.2, -0.15) is 0 Å². The Kier molecular flexibility index (Phi) is 4.81. The van der Waals surface area contributed by atoms with Crippen molar-refractivity contribution < 1.29 is 34.8 Å². The van der Waals surface area contributed by atoms with Crippen molar-refractivity contribution in [2.45, 2.75) is 6.23 Å². The van der Waals surface area contributed by atoms with Crippen molar-refractivity contribution in [2.75, 3.05) is 5.32 Å². The minimum absolute atomic E-state index is 0.0415. The number of anilines is 1. The second-order valence-electron chi connectivity index (χ2n) is 4.81. The molecule has 0 bridgehead atoms. The van der Waals surface area contributed by atoms with Gasteiger partial charge in [-0.1, -0.05) is 18.2 Å². The Bertz CT molecular complexity index is 816. The molecular formula is C16H13NO7. The largest absolute Gasteiger partial charge is 0.478 e. The van der Waals surface area contributed by atoms with Gasteiger partial charge in [0.2, 0.25) is 0 Å². The number of carboxylic acids is 3. The fraction of sp³-hybridized carbons (Fsp3) is 0.0625. The van der Waals surface area contributed by atoms with E-state index in [1.54, 1.807) is 0 Å². The third-order valence-electron chi connectivity index (χ3n) is 3.27. The number of carbonyl (C=O) groups is 3. The second kappa shape index (κ2) is 6.80. The highest BCUT2D eigenvalue weighted by Gasteiger charge is 2.20. The molecule has 5 N–H and O–H groups in total. The van der Waals surface area contributed by atoms with Gasteiger partial charge in [0, 0.05) is 5.56 Å². The smallest absolute Gasteiger partial charge is 0.337 e. The lowest BCUT2D eigenvalue weighted by molar-refractivity contribution is 0.0677. The van der Waals surface area contributed by atoms with Crippen molar-refractivity contribution in [3.63, 3.8) is 0 Å². The molecule has 2 aromatic carbocycles. The van der Waals surface area contributed by atoms with Crippen molar-refractivity contribution >= 4 is 23.6 Å². The van der Waals surface area contributed by atoms with Gasteiger partial charge < -0.3 is 25.7 Å². The van der Waals surface area contributed by atoms with Crippen LogP contribution in [0, 0.1) is 0 Å². The first-order valence-electron chi connectivity index (χ1n) is 6.68. The van der Waals surface area contributed by atoms with E-state index >= 15 is 0 Å². The number of rotatable bonds is 6. The van der Waals surface area contributed by atoms with Crippen LogP contribution in [0.25, 0.3) is 0 Å². The van der Waals surface area contributed by atoms with E-state index in [1.807, 2.05) is 0 Å². The quantitative estimate of drug-likeness (QED) is 0.505. The lowest BCUT2D eigenvalue weighted by atomic mass is 10.0. The number of hydrogen-bond acceptors (Lipinski definition) is 5. The zero-order valence-electron chi connectivity index (χ0n) is 12.1. The van der Waals surface area contributed by atoms with Crippen molar-refractivity contribution in [3.05, 3.63) is 64.7 Å². The van der Waals surface area contributed by atoms with Gasteiger partial charge in [-0.25, -0.2) is 14.4 Å². The predicted molar refractivity (Wildman–Crippen MR) is 82.3 cm³/mol. The Hall–Kier alpha value is -3.39. The molecule has 0 fully saturated rings. The third-order valence-corrected chi connectivity index (χ3v) is 3.27. The number of benzene rings is 2. The molecular weight excluding hydrogens is 318 g/mol. The zero-order valence-corrected chi connectivity index (χ0v) is 12.1. The predicted octanol–water partition coefficient (Wildman–Crippen LogP) is 1.88. The summed E-state index contributed by atoms with van der Waals surface area (Å²) in [6, 6.07) is 9.01. The molecule has 0 aliphatic heterocycles. The summed E-state index contributed by atoms with van der Waals surface area (Å²) in [4.78, 5) is 33.4. The maximum absolute atomic E-state index is 11.3. The fourth-order valence-electron chi connectivity index (χ4n) is 2.14. The third kappa shape index (κ3) is 3.50. The molecule has 0 amide bonds.